The molecule has 2 aromatic rings. The Hall–Kier alpha value is -1.55. The van der Waals surface area contributed by atoms with E-state index < -0.39 is 0 Å². The first kappa shape index (κ1) is 9.02. The minimum Gasteiger partial charge on any atom is -0.424 e. The first-order valence-corrected chi connectivity index (χ1v) is 4.35. The van der Waals surface area contributed by atoms with Crippen molar-refractivity contribution in [3.63, 3.8) is 0 Å². The molecule has 0 radical (unpaired) electrons. The second-order valence-corrected chi connectivity index (χ2v) is 3.27. The van der Waals surface area contributed by atoms with E-state index in [0.717, 1.165) is 5.39 Å². The van der Waals surface area contributed by atoms with E-state index in [0.29, 0.717) is 16.3 Å². The SMILES string of the molecule is CC(=O)Oc1cc(Cl)cc2cn[nH]c12. The van der Waals surface area contributed by atoms with Gasteiger partial charge in [-0.15, -0.1) is 0 Å². The fourth-order valence-electron chi connectivity index (χ4n) is 1.23. The van der Waals surface area contributed by atoms with Crippen LogP contribution in [0.25, 0.3) is 10.9 Å². The van der Waals surface area contributed by atoms with Crippen molar-refractivity contribution in [2.75, 3.05) is 0 Å². The third-order valence-corrected chi connectivity index (χ3v) is 1.95. The van der Waals surface area contributed by atoms with Gasteiger partial charge in [0.25, 0.3) is 0 Å². The summed E-state index contributed by atoms with van der Waals surface area (Å²) >= 11 is 5.83. The third-order valence-electron chi connectivity index (χ3n) is 1.73. The van der Waals surface area contributed by atoms with Crippen molar-refractivity contribution in [3.8, 4) is 5.75 Å². The summed E-state index contributed by atoms with van der Waals surface area (Å²) in [5.74, 6) is 0.0145. The van der Waals surface area contributed by atoms with Gasteiger partial charge in [-0.1, -0.05) is 11.6 Å². The number of aromatic amines is 1. The minimum absolute atomic E-state index is 0.386. The van der Waals surface area contributed by atoms with Crippen LogP contribution in [0.3, 0.4) is 0 Å². The van der Waals surface area contributed by atoms with Gasteiger partial charge >= 0.3 is 5.97 Å². The molecular formula is C9H7ClN2O2. The van der Waals surface area contributed by atoms with Crippen LogP contribution in [0.2, 0.25) is 5.02 Å². The zero-order valence-electron chi connectivity index (χ0n) is 7.37. The average Bonchev–Trinajstić information content (AvgIpc) is 2.50. The van der Waals surface area contributed by atoms with Gasteiger partial charge in [-0.05, 0) is 6.07 Å². The maximum absolute atomic E-state index is 10.8. The van der Waals surface area contributed by atoms with Crippen LogP contribution in [0.5, 0.6) is 5.75 Å². The number of nitrogens with zero attached hydrogens (tertiary/aromatic N) is 1. The number of nitrogens with one attached hydrogen (secondary N) is 1. The van der Waals surface area contributed by atoms with Gasteiger partial charge in [0, 0.05) is 23.4 Å². The zero-order valence-corrected chi connectivity index (χ0v) is 8.13. The van der Waals surface area contributed by atoms with Crippen LogP contribution < -0.4 is 4.74 Å². The maximum Gasteiger partial charge on any atom is 0.308 e. The molecule has 0 aliphatic rings. The van der Waals surface area contributed by atoms with Crippen molar-refractivity contribution >= 4 is 28.5 Å². The highest BCUT2D eigenvalue weighted by Crippen LogP contribution is 2.28. The van der Waals surface area contributed by atoms with Gasteiger partial charge in [0.05, 0.1) is 6.20 Å². The molecule has 0 amide bonds. The highest BCUT2D eigenvalue weighted by atomic mass is 35.5. The summed E-state index contributed by atoms with van der Waals surface area (Å²) in [5.41, 5.74) is 0.671. The quantitative estimate of drug-likeness (QED) is 0.580. The van der Waals surface area contributed by atoms with Crippen molar-refractivity contribution in [2.24, 2.45) is 0 Å². The lowest BCUT2D eigenvalue weighted by Gasteiger charge is -2.02. The first-order valence-electron chi connectivity index (χ1n) is 3.98. The molecule has 0 unspecified atom stereocenters. The Morgan fingerprint density at radius 1 is 1.57 bits per heavy atom. The smallest absolute Gasteiger partial charge is 0.308 e. The molecule has 1 aromatic carbocycles. The van der Waals surface area contributed by atoms with E-state index in [2.05, 4.69) is 10.2 Å². The van der Waals surface area contributed by atoms with Crippen LogP contribution in [-0.4, -0.2) is 16.2 Å². The van der Waals surface area contributed by atoms with Gasteiger partial charge in [-0.25, -0.2) is 0 Å². The Balaban J connectivity index is 2.60. The van der Waals surface area contributed by atoms with Crippen LogP contribution in [0, 0.1) is 0 Å². The molecular weight excluding hydrogens is 204 g/mol. The summed E-state index contributed by atoms with van der Waals surface area (Å²) in [6.07, 6.45) is 1.62. The molecule has 2 rings (SSSR count). The largest absolute Gasteiger partial charge is 0.424 e. The molecule has 0 bridgehead atoms. The first-order chi connectivity index (χ1) is 6.66. The zero-order chi connectivity index (χ0) is 10.1. The van der Waals surface area contributed by atoms with Crippen LogP contribution in [0.15, 0.2) is 18.3 Å². The van der Waals surface area contributed by atoms with Gasteiger partial charge in [-0.2, -0.15) is 5.10 Å². The van der Waals surface area contributed by atoms with E-state index in [1.54, 1.807) is 18.3 Å². The molecule has 0 saturated heterocycles. The Morgan fingerprint density at radius 3 is 3.07 bits per heavy atom. The number of rotatable bonds is 1. The third kappa shape index (κ3) is 1.56. The Kier molecular flexibility index (Phi) is 2.13. The number of H-pyrrole nitrogens is 1. The molecule has 1 heterocycles. The van der Waals surface area contributed by atoms with Crippen molar-refractivity contribution in [2.45, 2.75) is 6.92 Å². The molecule has 4 nitrogen and oxygen atoms in total. The summed E-state index contributed by atoms with van der Waals surface area (Å²) in [5, 5.41) is 7.89. The summed E-state index contributed by atoms with van der Waals surface area (Å²) < 4.78 is 4.97. The lowest BCUT2D eigenvalue weighted by Crippen LogP contribution is -2.01. The number of hydrogen-bond acceptors (Lipinski definition) is 3. The van der Waals surface area contributed by atoms with Gasteiger partial charge in [0.15, 0.2) is 5.75 Å². The Labute approximate surface area is 84.8 Å². The van der Waals surface area contributed by atoms with Crippen molar-refractivity contribution in [3.05, 3.63) is 23.4 Å². The summed E-state index contributed by atoms with van der Waals surface area (Å²) in [7, 11) is 0. The number of carbonyl (C=O) groups is 1. The number of ether oxygens (including phenoxy) is 1. The average molecular weight is 211 g/mol. The molecule has 0 atom stereocenters. The molecule has 0 aliphatic heterocycles. The van der Waals surface area contributed by atoms with Crippen molar-refractivity contribution in [1.82, 2.24) is 10.2 Å². The number of aromatic nitrogens is 2. The van der Waals surface area contributed by atoms with E-state index >= 15 is 0 Å². The summed E-state index contributed by atoms with van der Waals surface area (Å²) in [6, 6.07) is 3.32. The molecule has 72 valence electrons. The molecule has 1 N–H and O–H groups in total. The highest BCUT2D eigenvalue weighted by Gasteiger charge is 2.07. The van der Waals surface area contributed by atoms with E-state index in [9.17, 15) is 4.79 Å². The van der Waals surface area contributed by atoms with Gasteiger partial charge < -0.3 is 4.74 Å². The highest BCUT2D eigenvalue weighted by molar-refractivity contribution is 6.31. The molecule has 5 heteroatoms. The van der Waals surface area contributed by atoms with Crippen molar-refractivity contribution < 1.29 is 9.53 Å². The standard InChI is InChI=1S/C9H7ClN2O2/c1-5(13)14-8-3-7(10)2-6-4-11-12-9(6)8/h2-4H,1H3,(H,11,12). The molecule has 0 aliphatic carbocycles. The number of halogens is 1. The van der Waals surface area contributed by atoms with E-state index in [-0.39, 0.29) is 5.97 Å². The van der Waals surface area contributed by atoms with Gasteiger partial charge in [0.2, 0.25) is 0 Å². The minimum atomic E-state index is -0.386. The second-order valence-electron chi connectivity index (χ2n) is 2.83. The fourth-order valence-corrected chi connectivity index (χ4v) is 1.44. The van der Waals surface area contributed by atoms with Gasteiger partial charge in [0.1, 0.15) is 5.52 Å². The number of fused-ring (bicyclic) bond motifs is 1. The monoisotopic (exact) mass is 210 g/mol. The predicted molar refractivity (Wildman–Crippen MR) is 52.4 cm³/mol. The fraction of sp³-hybridized carbons (Fsp3) is 0.111. The van der Waals surface area contributed by atoms with E-state index in [1.807, 2.05) is 0 Å². The van der Waals surface area contributed by atoms with Crippen LogP contribution >= 0.6 is 11.6 Å². The number of esters is 1. The van der Waals surface area contributed by atoms with Crippen molar-refractivity contribution in [1.29, 1.82) is 0 Å². The molecule has 1 aromatic heterocycles. The Morgan fingerprint density at radius 2 is 2.36 bits per heavy atom. The lowest BCUT2D eigenvalue weighted by atomic mass is 10.2. The Bertz CT molecular complexity index is 493. The van der Waals surface area contributed by atoms with Gasteiger partial charge in [-0.3, -0.25) is 9.89 Å². The van der Waals surface area contributed by atoms with E-state index in [4.69, 9.17) is 16.3 Å². The number of benzene rings is 1. The normalized spacial score (nSPS) is 10.4. The second kappa shape index (κ2) is 3.31. The molecule has 0 saturated carbocycles. The van der Waals surface area contributed by atoms with Crippen LogP contribution in [-0.2, 0) is 4.79 Å². The summed E-state index contributed by atoms with van der Waals surface area (Å²) in [4.78, 5) is 10.8. The topological polar surface area (TPSA) is 55.0 Å². The van der Waals surface area contributed by atoms with Crippen LogP contribution in [0.1, 0.15) is 6.92 Å². The molecule has 0 fully saturated rings. The maximum atomic E-state index is 10.8. The molecule has 14 heavy (non-hydrogen) atoms. The number of hydrogen-bond donors (Lipinski definition) is 1. The summed E-state index contributed by atoms with van der Waals surface area (Å²) in [6.45, 7) is 1.34. The lowest BCUT2D eigenvalue weighted by molar-refractivity contribution is -0.131. The molecule has 0 spiro atoms. The van der Waals surface area contributed by atoms with E-state index in [1.165, 1.54) is 6.92 Å². The number of carbonyl (C=O) groups excluding carboxylic acids is 1. The van der Waals surface area contributed by atoms with Crippen LogP contribution in [0.4, 0.5) is 0 Å². The predicted octanol–water partition coefficient (Wildman–Crippen LogP) is 2.14.